The molecule has 0 spiro atoms. The van der Waals surface area contributed by atoms with Gasteiger partial charge in [-0.15, -0.1) is 25.6 Å². The third kappa shape index (κ3) is 5.74. The van der Waals surface area contributed by atoms with Crippen molar-refractivity contribution in [3.05, 3.63) is 29.8 Å². The molecule has 102 valence electrons. The molecule has 0 aliphatic rings. The molecule has 0 aliphatic heterocycles. The number of carboxylic acids is 1. The lowest BCUT2D eigenvalue weighted by Crippen LogP contribution is -2.32. The lowest BCUT2D eigenvalue weighted by Gasteiger charge is -2.11. The molecule has 0 amide bonds. The average molecular weight is 286 g/mol. The van der Waals surface area contributed by atoms with Gasteiger partial charge in [0.15, 0.2) is 0 Å². The summed E-state index contributed by atoms with van der Waals surface area (Å²) in [7, 11) is 0. The molecule has 8 heteroatoms. The molecule has 0 aliphatic carbocycles. The fourth-order valence-corrected chi connectivity index (χ4v) is 1.21. The molecule has 1 rings (SSSR count). The summed E-state index contributed by atoms with van der Waals surface area (Å²) in [6.07, 6.45) is -4.84. The largest absolute Gasteiger partial charge is 0.573 e. The van der Waals surface area contributed by atoms with Crippen molar-refractivity contribution < 1.29 is 27.8 Å². The Kier molecular flexibility index (Phi) is 5.93. The van der Waals surface area contributed by atoms with Crippen molar-refractivity contribution in [2.45, 2.75) is 18.8 Å². The van der Waals surface area contributed by atoms with Crippen LogP contribution in [0, 0.1) is 0 Å². The molecule has 1 unspecified atom stereocenters. The number of benzene rings is 1. The minimum absolute atomic E-state index is 0. The second-order valence-electron chi connectivity index (χ2n) is 3.34. The van der Waals surface area contributed by atoms with E-state index in [9.17, 15) is 18.0 Å². The predicted octanol–water partition coefficient (Wildman–Crippen LogP) is 1.96. The quantitative estimate of drug-likeness (QED) is 0.887. The Bertz CT molecular complexity index is 412. The molecule has 1 aromatic rings. The van der Waals surface area contributed by atoms with E-state index in [1.807, 2.05) is 0 Å². The van der Waals surface area contributed by atoms with Crippen LogP contribution in [0.25, 0.3) is 0 Å². The highest BCUT2D eigenvalue weighted by molar-refractivity contribution is 5.85. The summed E-state index contributed by atoms with van der Waals surface area (Å²) >= 11 is 0. The van der Waals surface area contributed by atoms with Crippen molar-refractivity contribution >= 4 is 18.4 Å². The van der Waals surface area contributed by atoms with Gasteiger partial charge < -0.3 is 15.6 Å². The molecule has 0 bridgehead atoms. The van der Waals surface area contributed by atoms with Crippen LogP contribution in [0.1, 0.15) is 5.56 Å². The number of hydrogen-bond donors (Lipinski definition) is 2. The number of aliphatic carboxylic acids is 1. The first-order chi connectivity index (χ1) is 7.78. The molecular weight excluding hydrogens is 275 g/mol. The Labute approximate surface area is 107 Å². The smallest absolute Gasteiger partial charge is 0.480 e. The summed E-state index contributed by atoms with van der Waals surface area (Å²) in [4.78, 5) is 10.5. The molecular formula is C10H11ClF3NO3. The zero-order valence-corrected chi connectivity index (χ0v) is 9.79. The van der Waals surface area contributed by atoms with Crippen molar-refractivity contribution in [3.8, 4) is 5.75 Å². The molecule has 0 saturated heterocycles. The van der Waals surface area contributed by atoms with Gasteiger partial charge in [0.1, 0.15) is 11.8 Å². The van der Waals surface area contributed by atoms with Crippen molar-refractivity contribution in [2.24, 2.45) is 5.73 Å². The molecule has 1 aromatic carbocycles. The molecule has 4 nitrogen and oxygen atoms in total. The third-order valence-electron chi connectivity index (χ3n) is 1.90. The van der Waals surface area contributed by atoms with Crippen LogP contribution in [-0.4, -0.2) is 23.5 Å². The number of alkyl halides is 3. The number of ether oxygens (including phenoxy) is 1. The van der Waals surface area contributed by atoms with Gasteiger partial charge in [-0.2, -0.15) is 0 Å². The standard InChI is InChI=1S/C10H10F3NO3.ClH/c11-10(12,13)17-7-3-1-2-6(4-7)5-8(14)9(15)16;/h1-4,8H,5,14H2,(H,15,16);1H. The Morgan fingerprint density at radius 1 is 1.44 bits per heavy atom. The van der Waals surface area contributed by atoms with E-state index in [-0.39, 0.29) is 18.8 Å². The summed E-state index contributed by atoms with van der Waals surface area (Å²) in [5, 5.41) is 8.56. The third-order valence-corrected chi connectivity index (χ3v) is 1.90. The minimum atomic E-state index is -4.77. The van der Waals surface area contributed by atoms with E-state index in [0.29, 0.717) is 5.56 Å². The van der Waals surface area contributed by atoms with E-state index in [0.717, 1.165) is 12.1 Å². The van der Waals surface area contributed by atoms with Crippen LogP contribution >= 0.6 is 12.4 Å². The fraction of sp³-hybridized carbons (Fsp3) is 0.300. The van der Waals surface area contributed by atoms with Gasteiger partial charge in [-0.1, -0.05) is 12.1 Å². The summed E-state index contributed by atoms with van der Waals surface area (Å²) in [5.74, 6) is -1.61. The van der Waals surface area contributed by atoms with Gasteiger partial charge in [-0.05, 0) is 24.1 Å². The number of halogens is 4. The number of carboxylic acid groups (broad SMARTS) is 1. The van der Waals surface area contributed by atoms with E-state index < -0.39 is 24.1 Å². The Morgan fingerprint density at radius 3 is 2.56 bits per heavy atom. The van der Waals surface area contributed by atoms with E-state index in [1.165, 1.54) is 12.1 Å². The Balaban J connectivity index is 0.00000289. The molecule has 0 saturated carbocycles. The summed E-state index contributed by atoms with van der Waals surface area (Å²) in [5.41, 5.74) is 5.63. The highest BCUT2D eigenvalue weighted by Gasteiger charge is 2.31. The van der Waals surface area contributed by atoms with E-state index in [1.54, 1.807) is 0 Å². The highest BCUT2D eigenvalue weighted by atomic mass is 35.5. The summed E-state index contributed by atoms with van der Waals surface area (Å²) in [6, 6.07) is 3.90. The molecule has 18 heavy (non-hydrogen) atoms. The van der Waals surface area contributed by atoms with Crippen LogP contribution < -0.4 is 10.5 Å². The number of carbonyl (C=O) groups is 1. The van der Waals surface area contributed by atoms with Gasteiger partial charge in [0.05, 0.1) is 0 Å². The number of nitrogens with two attached hydrogens (primary N) is 1. The maximum absolute atomic E-state index is 11.9. The SMILES string of the molecule is Cl.NC(Cc1cccc(OC(F)(F)F)c1)C(=O)O. The van der Waals surface area contributed by atoms with E-state index in [2.05, 4.69) is 4.74 Å². The molecule has 0 radical (unpaired) electrons. The second-order valence-corrected chi connectivity index (χ2v) is 3.34. The van der Waals surface area contributed by atoms with Crippen LogP contribution in [0.2, 0.25) is 0 Å². The first-order valence-corrected chi connectivity index (χ1v) is 4.61. The molecule has 0 aromatic heterocycles. The van der Waals surface area contributed by atoms with Crippen molar-refractivity contribution in [1.82, 2.24) is 0 Å². The number of hydrogen-bond acceptors (Lipinski definition) is 3. The lowest BCUT2D eigenvalue weighted by atomic mass is 10.1. The van der Waals surface area contributed by atoms with Crippen LogP contribution in [-0.2, 0) is 11.2 Å². The number of rotatable bonds is 4. The van der Waals surface area contributed by atoms with E-state index >= 15 is 0 Å². The molecule has 3 N–H and O–H groups in total. The zero-order valence-electron chi connectivity index (χ0n) is 8.98. The zero-order chi connectivity index (χ0) is 13.1. The fourth-order valence-electron chi connectivity index (χ4n) is 1.21. The van der Waals surface area contributed by atoms with E-state index in [4.69, 9.17) is 10.8 Å². The van der Waals surface area contributed by atoms with Gasteiger partial charge in [0, 0.05) is 0 Å². The lowest BCUT2D eigenvalue weighted by molar-refractivity contribution is -0.274. The van der Waals surface area contributed by atoms with Gasteiger partial charge in [0.25, 0.3) is 0 Å². The second kappa shape index (κ2) is 6.46. The Hall–Kier alpha value is -1.47. The van der Waals surface area contributed by atoms with Crippen LogP contribution in [0.5, 0.6) is 5.75 Å². The maximum Gasteiger partial charge on any atom is 0.573 e. The van der Waals surface area contributed by atoms with Gasteiger partial charge in [-0.3, -0.25) is 4.79 Å². The first kappa shape index (κ1) is 16.5. The van der Waals surface area contributed by atoms with Crippen LogP contribution in [0.3, 0.4) is 0 Å². The maximum atomic E-state index is 11.9. The molecule has 1 atom stereocenters. The molecule has 0 fully saturated rings. The summed E-state index contributed by atoms with van der Waals surface area (Å²) < 4.78 is 39.5. The predicted molar refractivity (Wildman–Crippen MR) is 59.7 cm³/mol. The van der Waals surface area contributed by atoms with Crippen LogP contribution in [0.15, 0.2) is 24.3 Å². The monoisotopic (exact) mass is 285 g/mol. The average Bonchev–Trinajstić information content (AvgIpc) is 2.15. The van der Waals surface area contributed by atoms with Crippen molar-refractivity contribution in [2.75, 3.05) is 0 Å². The minimum Gasteiger partial charge on any atom is -0.480 e. The topological polar surface area (TPSA) is 72.5 Å². The van der Waals surface area contributed by atoms with Crippen molar-refractivity contribution in [3.63, 3.8) is 0 Å². The van der Waals surface area contributed by atoms with Gasteiger partial charge in [-0.25, -0.2) is 0 Å². The van der Waals surface area contributed by atoms with Crippen molar-refractivity contribution in [1.29, 1.82) is 0 Å². The van der Waals surface area contributed by atoms with Crippen LogP contribution in [0.4, 0.5) is 13.2 Å². The summed E-state index contributed by atoms with van der Waals surface area (Å²) in [6.45, 7) is 0. The highest BCUT2D eigenvalue weighted by Crippen LogP contribution is 2.23. The molecule has 0 heterocycles. The van der Waals surface area contributed by atoms with Gasteiger partial charge >= 0.3 is 12.3 Å². The first-order valence-electron chi connectivity index (χ1n) is 4.61. The Morgan fingerprint density at radius 2 is 2.06 bits per heavy atom. The normalized spacial score (nSPS) is 12.4. The van der Waals surface area contributed by atoms with Gasteiger partial charge in [0.2, 0.25) is 0 Å².